The molecule has 0 aromatic heterocycles. The Balaban J connectivity index is 2.02. The zero-order chi connectivity index (χ0) is 18.2. The largest absolute Gasteiger partial charge is 0.385 e. The minimum Gasteiger partial charge on any atom is -0.385 e. The van der Waals surface area contributed by atoms with E-state index in [2.05, 4.69) is 19.2 Å². The number of amides is 2. The Labute approximate surface area is 156 Å². The summed E-state index contributed by atoms with van der Waals surface area (Å²) in [5.74, 6) is 1.56. The van der Waals surface area contributed by atoms with Crippen LogP contribution in [0.2, 0.25) is 0 Å². The predicted octanol–water partition coefficient (Wildman–Crippen LogP) is 3.04. The van der Waals surface area contributed by atoms with Crippen LogP contribution in [-0.4, -0.2) is 54.1 Å². The quantitative estimate of drug-likeness (QED) is 0.667. The molecule has 2 rings (SSSR count). The van der Waals surface area contributed by atoms with Crippen LogP contribution >= 0.6 is 11.8 Å². The molecule has 0 spiro atoms. The van der Waals surface area contributed by atoms with Crippen LogP contribution in [0.15, 0.2) is 0 Å². The van der Waals surface area contributed by atoms with Crippen molar-refractivity contribution in [2.75, 3.05) is 26.0 Å². The van der Waals surface area contributed by atoms with Crippen LogP contribution in [-0.2, 0) is 14.3 Å². The Bertz CT molecular complexity index is 438. The summed E-state index contributed by atoms with van der Waals surface area (Å²) in [7, 11) is 1.66. The molecule has 1 heterocycles. The molecule has 6 heteroatoms. The zero-order valence-electron chi connectivity index (χ0n) is 16.0. The van der Waals surface area contributed by atoms with E-state index in [0.29, 0.717) is 24.8 Å². The van der Waals surface area contributed by atoms with Gasteiger partial charge >= 0.3 is 0 Å². The molecule has 1 saturated carbocycles. The summed E-state index contributed by atoms with van der Waals surface area (Å²) in [5, 5.41) is 3.14. The standard InChI is InChI=1S/C19H34N2O3S/c1-14(2)12-17-21(19(23)15-8-5-4-6-9-15)16(13-25-17)18(22)20-10-7-11-24-3/h14-17H,4-13H2,1-3H3,(H,20,22). The molecule has 0 aromatic rings. The van der Waals surface area contributed by atoms with Gasteiger partial charge in [0.2, 0.25) is 11.8 Å². The van der Waals surface area contributed by atoms with Crippen LogP contribution in [0.5, 0.6) is 0 Å². The molecule has 1 aliphatic carbocycles. The maximum Gasteiger partial charge on any atom is 0.243 e. The number of carbonyl (C=O) groups is 2. The number of nitrogens with one attached hydrogen (secondary N) is 1. The van der Waals surface area contributed by atoms with E-state index in [-0.39, 0.29) is 29.1 Å². The van der Waals surface area contributed by atoms with Gasteiger partial charge in [0.05, 0.1) is 5.37 Å². The van der Waals surface area contributed by atoms with E-state index in [1.807, 2.05) is 4.90 Å². The lowest BCUT2D eigenvalue weighted by molar-refractivity contribution is -0.144. The molecule has 1 aliphatic heterocycles. The topological polar surface area (TPSA) is 58.6 Å². The van der Waals surface area contributed by atoms with E-state index in [9.17, 15) is 9.59 Å². The fourth-order valence-electron chi connectivity index (χ4n) is 3.75. The molecule has 2 fully saturated rings. The van der Waals surface area contributed by atoms with E-state index in [4.69, 9.17) is 4.74 Å². The molecule has 2 unspecified atom stereocenters. The molecule has 0 bridgehead atoms. The van der Waals surface area contributed by atoms with Gasteiger partial charge in [-0.25, -0.2) is 0 Å². The monoisotopic (exact) mass is 370 g/mol. The Kier molecular flexibility index (Phi) is 8.56. The zero-order valence-corrected chi connectivity index (χ0v) is 16.8. The second-order valence-electron chi connectivity index (χ2n) is 7.65. The molecule has 2 amide bonds. The van der Waals surface area contributed by atoms with E-state index in [1.165, 1.54) is 6.42 Å². The summed E-state index contributed by atoms with van der Waals surface area (Å²) in [6.07, 6.45) is 7.23. The highest BCUT2D eigenvalue weighted by Gasteiger charge is 2.43. The van der Waals surface area contributed by atoms with Crippen molar-refractivity contribution in [1.82, 2.24) is 10.2 Å². The van der Waals surface area contributed by atoms with Gasteiger partial charge in [0, 0.05) is 31.9 Å². The molecular weight excluding hydrogens is 336 g/mol. The molecule has 2 atom stereocenters. The van der Waals surface area contributed by atoms with Crippen LogP contribution in [0.4, 0.5) is 0 Å². The summed E-state index contributed by atoms with van der Waals surface area (Å²) in [6, 6.07) is -0.314. The Morgan fingerprint density at radius 2 is 1.96 bits per heavy atom. The second-order valence-corrected chi connectivity index (χ2v) is 8.86. The number of hydrogen-bond donors (Lipinski definition) is 1. The first kappa shape index (κ1) is 20.6. The van der Waals surface area contributed by atoms with Crippen molar-refractivity contribution in [2.24, 2.45) is 11.8 Å². The van der Waals surface area contributed by atoms with Crippen LogP contribution in [0.25, 0.3) is 0 Å². The summed E-state index contributed by atoms with van der Waals surface area (Å²) in [4.78, 5) is 27.8. The average Bonchev–Trinajstić information content (AvgIpc) is 3.01. The molecule has 5 nitrogen and oxygen atoms in total. The van der Waals surface area contributed by atoms with Crippen molar-refractivity contribution in [3.8, 4) is 0 Å². The number of rotatable bonds is 8. The third-order valence-electron chi connectivity index (χ3n) is 5.10. The van der Waals surface area contributed by atoms with Crippen LogP contribution in [0.3, 0.4) is 0 Å². The van der Waals surface area contributed by atoms with E-state index in [1.54, 1.807) is 18.9 Å². The van der Waals surface area contributed by atoms with Crippen LogP contribution in [0.1, 0.15) is 58.8 Å². The van der Waals surface area contributed by atoms with E-state index in [0.717, 1.165) is 38.5 Å². The molecule has 1 N–H and O–H groups in total. The minimum atomic E-state index is -0.314. The first-order chi connectivity index (χ1) is 12.0. The van der Waals surface area contributed by atoms with Gasteiger partial charge in [0.25, 0.3) is 0 Å². The SMILES string of the molecule is COCCCNC(=O)C1CSC(CC(C)C)N1C(=O)C1CCCCC1. The van der Waals surface area contributed by atoms with Gasteiger partial charge in [-0.1, -0.05) is 33.1 Å². The van der Waals surface area contributed by atoms with Crippen molar-refractivity contribution in [3.63, 3.8) is 0 Å². The van der Waals surface area contributed by atoms with E-state index < -0.39 is 0 Å². The molecule has 2 aliphatic rings. The highest BCUT2D eigenvalue weighted by Crippen LogP contribution is 2.37. The fraction of sp³-hybridized carbons (Fsp3) is 0.895. The predicted molar refractivity (Wildman–Crippen MR) is 102 cm³/mol. The maximum atomic E-state index is 13.2. The summed E-state index contributed by atoms with van der Waals surface area (Å²) in [5.41, 5.74) is 0. The van der Waals surface area contributed by atoms with Gasteiger partial charge in [-0.05, 0) is 31.6 Å². The number of hydrogen-bond acceptors (Lipinski definition) is 4. The van der Waals surface area contributed by atoms with Gasteiger partial charge in [-0.3, -0.25) is 9.59 Å². The lowest BCUT2D eigenvalue weighted by atomic mass is 9.87. The summed E-state index contributed by atoms with van der Waals surface area (Å²) < 4.78 is 5.03. The Morgan fingerprint density at radius 3 is 2.60 bits per heavy atom. The highest BCUT2D eigenvalue weighted by atomic mass is 32.2. The number of thioether (sulfide) groups is 1. The van der Waals surface area contributed by atoms with Gasteiger partial charge in [0.1, 0.15) is 6.04 Å². The normalized spacial score (nSPS) is 24.7. The first-order valence-electron chi connectivity index (χ1n) is 9.75. The number of methoxy groups -OCH3 is 1. The third-order valence-corrected chi connectivity index (χ3v) is 6.41. The molecule has 0 aromatic carbocycles. The Morgan fingerprint density at radius 1 is 1.24 bits per heavy atom. The minimum absolute atomic E-state index is 0.000909. The van der Waals surface area contributed by atoms with Crippen molar-refractivity contribution in [2.45, 2.75) is 70.2 Å². The van der Waals surface area contributed by atoms with Crippen LogP contribution < -0.4 is 5.32 Å². The molecule has 1 saturated heterocycles. The number of nitrogens with zero attached hydrogens (tertiary/aromatic N) is 1. The molecule has 25 heavy (non-hydrogen) atoms. The first-order valence-corrected chi connectivity index (χ1v) is 10.8. The molecule has 0 radical (unpaired) electrons. The average molecular weight is 371 g/mol. The van der Waals surface area contributed by atoms with Gasteiger partial charge < -0.3 is 15.0 Å². The fourth-order valence-corrected chi connectivity index (χ4v) is 5.40. The van der Waals surface area contributed by atoms with Gasteiger partial charge in [0.15, 0.2) is 0 Å². The Hall–Kier alpha value is -0.750. The smallest absolute Gasteiger partial charge is 0.243 e. The van der Waals surface area contributed by atoms with Crippen molar-refractivity contribution >= 4 is 23.6 Å². The van der Waals surface area contributed by atoms with Crippen molar-refractivity contribution in [1.29, 1.82) is 0 Å². The van der Waals surface area contributed by atoms with E-state index >= 15 is 0 Å². The van der Waals surface area contributed by atoms with Crippen LogP contribution in [0, 0.1) is 11.8 Å². The van der Waals surface area contributed by atoms with Crippen molar-refractivity contribution < 1.29 is 14.3 Å². The summed E-state index contributed by atoms with van der Waals surface area (Å²) >= 11 is 1.77. The molecular formula is C19H34N2O3S. The van der Waals surface area contributed by atoms with Crippen molar-refractivity contribution in [3.05, 3.63) is 0 Å². The third kappa shape index (κ3) is 5.88. The van der Waals surface area contributed by atoms with Gasteiger partial charge in [-0.2, -0.15) is 0 Å². The van der Waals surface area contributed by atoms with Gasteiger partial charge in [-0.15, -0.1) is 11.8 Å². The highest BCUT2D eigenvalue weighted by molar-refractivity contribution is 8.00. The lowest BCUT2D eigenvalue weighted by Gasteiger charge is -2.34. The number of carbonyl (C=O) groups excluding carboxylic acids is 2. The summed E-state index contributed by atoms with van der Waals surface area (Å²) in [6.45, 7) is 5.61. The second kappa shape index (κ2) is 10.4. The number of ether oxygens (including phenoxy) is 1. The maximum absolute atomic E-state index is 13.2. The molecule has 144 valence electrons. The lowest BCUT2D eigenvalue weighted by Crippen LogP contribution is -2.52.